The molecule has 3 rings (SSSR count). The number of carbonyl (C=O) groups excluding carboxylic acids is 2. The highest BCUT2D eigenvalue weighted by molar-refractivity contribution is 6.07. The SMILES string of the molecule is COc1cccc([C@]2(C)NC(=O)N(C[NH+]3CCCC3)C2=O)c1. The molecule has 1 atom stereocenters. The quantitative estimate of drug-likeness (QED) is 0.776. The minimum atomic E-state index is -1.02. The molecule has 6 nitrogen and oxygen atoms in total. The molecule has 2 fully saturated rings. The van der Waals surface area contributed by atoms with Crippen molar-refractivity contribution in [1.82, 2.24) is 10.2 Å². The molecular formula is C16H22N3O3+. The summed E-state index contributed by atoms with van der Waals surface area (Å²) >= 11 is 0. The number of methoxy groups -OCH3 is 1. The highest BCUT2D eigenvalue weighted by Crippen LogP contribution is 2.30. The van der Waals surface area contributed by atoms with Gasteiger partial charge in [-0.15, -0.1) is 0 Å². The van der Waals surface area contributed by atoms with Crippen LogP contribution in [0.15, 0.2) is 24.3 Å². The normalized spacial score (nSPS) is 25.6. The van der Waals surface area contributed by atoms with Gasteiger partial charge in [-0.2, -0.15) is 0 Å². The third-order valence-corrected chi connectivity index (χ3v) is 4.61. The Morgan fingerprint density at radius 1 is 1.32 bits per heavy atom. The van der Waals surface area contributed by atoms with Gasteiger partial charge in [0.25, 0.3) is 5.91 Å². The summed E-state index contributed by atoms with van der Waals surface area (Å²) < 4.78 is 5.21. The van der Waals surface area contributed by atoms with Crippen molar-refractivity contribution in [2.45, 2.75) is 25.3 Å². The summed E-state index contributed by atoms with van der Waals surface area (Å²) in [4.78, 5) is 27.7. The molecule has 3 amide bonds. The number of amides is 3. The van der Waals surface area contributed by atoms with Gasteiger partial charge in [0.05, 0.1) is 20.2 Å². The van der Waals surface area contributed by atoms with E-state index in [9.17, 15) is 9.59 Å². The van der Waals surface area contributed by atoms with Gasteiger partial charge in [-0.25, -0.2) is 9.69 Å². The van der Waals surface area contributed by atoms with Crippen LogP contribution in [-0.4, -0.2) is 43.7 Å². The van der Waals surface area contributed by atoms with Crippen molar-refractivity contribution in [1.29, 1.82) is 0 Å². The fourth-order valence-electron chi connectivity index (χ4n) is 3.23. The third kappa shape index (κ3) is 2.43. The number of quaternary nitrogens is 1. The molecule has 0 radical (unpaired) electrons. The second-order valence-electron chi connectivity index (χ2n) is 6.14. The van der Waals surface area contributed by atoms with Crippen LogP contribution in [0.3, 0.4) is 0 Å². The van der Waals surface area contributed by atoms with E-state index in [4.69, 9.17) is 4.74 Å². The standard InChI is InChI=1S/C16H21N3O3/c1-16(12-6-5-7-13(10-12)22-2)14(20)19(15(21)17-16)11-18-8-3-4-9-18/h5-7,10H,3-4,8-9,11H2,1-2H3,(H,17,21)/p+1/t16-/m0/s1. The fraction of sp³-hybridized carbons (Fsp3) is 0.500. The van der Waals surface area contributed by atoms with Gasteiger partial charge in [0, 0.05) is 12.8 Å². The Balaban J connectivity index is 1.84. The molecule has 2 aliphatic rings. The Morgan fingerprint density at radius 2 is 2.05 bits per heavy atom. The molecule has 2 N–H and O–H groups in total. The lowest BCUT2D eigenvalue weighted by molar-refractivity contribution is -0.894. The van der Waals surface area contributed by atoms with Gasteiger partial charge in [-0.05, 0) is 24.6 Å². The van der Waals surface area contributed by atoms with Crippen LogP contribution in [0.5, 0.6) is 5.75 Å². The predicted molar refractivity (Wildman–Crippen MR) is 80.5 cm³/mol. The maximum absolute atomic E-state index is 12.8. The fourth-order valence-corrected chi connectivity index (χ4v) is 3.23. The van der Waals surface area contributed by atoms with E-state index in [1.807, 2.05) is 18.2 Å². The van der Waals surface area contributed by atoms with E-state index in [1.54, 1.807) is 20.1 Å². The van der Waals surface area contributed by atoms with Crippen molar-refractivity contribution in [3.8, 4) is 5.75 Å². The number of rotatable bonds is 4. The Labute approximate surface area is 130 Å². The second-order valence-corrected chi connectivity index (χ2v) is 6.14. The van der Waals surface area contributed by atoms with Gasteiger partial charge in [0.15, 0.2) is 6.67 Å². The number of carbonyl (C=O) groups is 2. The van der Waals surface area contributed by atoms with Gasteiger partial charge >= 0.3 is 6.03 Å². The molecule has 22 heavy (non-hydrogen) atoms. The molecule has 6 heteroatoms. The third-order valence-electron chi connectivity index (χ3n) is 4.61. The summed E-state index contributed by atoms with van der Waals surface area (Å²) in [6, 6.07) is 6.97. The number of imide groups is 1. The van der Waals surface area contributed by atoms with Crippen LogP contribution >= 0.6 is 0 Å². The average molecular weight is 304 g/mol. The summed E-state index contributed by atoms with van der Waals surface area (Å²) in [6.45, 7) is 4.24. The van der Waals surface area contributed by atoms with Crippen molar-refractivity contribution in [3.05, 3.63) is 29.8 Å². The molecule has 0 bridgehead atoms. The first-order chi connectivity index (χ1) is 10.5. The molecular weight excluding hydrogens is 282 g/mol. The molecule has 0 aromatic heterocycles. The Morgan fingerprint density at radius 3 is 2.73 bits per heavy atom. The van der Waals surface area contributed by atoms with E-state index < -0.39 is 5.54 Å². The summed E-state index contributed by atoms with van der Waals surface area (Å²) in [5, 5.41) is 2.84. The van der Waals surface area contributed by atoms with E-state index in [0.29, 0.717) is 12.4 Å². The zero-order valence-electron chi connectivity index (χ0n) is 13.0. The van der Waals surface area contributed by atoms with Crippen LogP contribution in [0.4, 0.5) is 4.79 Å². The smallest absolute Gasteiger partial charge is 0.329 e. The molecule has 0 unspecified atom stereocenters. The minimum Gasteiger partial charge on any atom is -0.497 e. The van der Waals surface area contributed by atoms with Crippen LogP contribution in [0.2, 0.25) is 0 Å². The van der Waals surface area contributed by atoms with Crippen molar-refractivity contribution >= 4 is 11.9 Å². The largest absolute Gasteiger partial charge is 0.497 e. The maximum Gasteiger partial charge on any atom is 0.329 e. The highest BCUT2D eigenvalue weighted by atomic mass is 16.5. The van der Waals surface area contributed by atoms with Gasteiger partial charge in [0.2, 0.25) is 0 Å². The molecule has 0 spiro atoms. The van der Waals surface area contributed by atoms with Crippen molar-refractivity contribution in [2.24, 2.45) is 0 Å². The number of benzene rings is 1. The van der Waals surface area contributed by atoms with E-state index >= 15 is 0 Å². The molecule has 1 aromatic rings. The lowest BCUT2D eigenvalue weighted by atomic mass is 9.92. The lowest BCUT2D eigenvalue weighted by Crippen LogP contribution is -3.11. The summed E-state index contributed by atoms with van der Waals surface area (Å²) in [7, 11) is 1.58. The summed E-state index contributed by atoms with van der Waals surface area (Å²) in [5.74, 6) is 0.481. The Hall–Kier alpha value is -2.08. The first-order valence-electron chi connectivity index (χ1n) is 7.67. The molecule has 0 saturated carbocycles. The maximum atomic E-state index is 12.8. The molecule has 1 aromatic carbocycles. The van der Waals surface area contributed by atoms with Crippen LogP contribution < -0.4 is 15.0 Å². The zero-order chi connectivity index (χ0) is 15.7. The van der Waals surface area contributed by atoms with Crippen molar-refractivity contribution in [3.63, 3.8) is 0 Å². The van der Waals surface area contributed by atoms with Crippen LogP contribution in [0.25, 0.3) is 0 Å². The number of nitrogens with zero attached hydrogens (tertiary/aromatic N) is 1. The monoisotopic (exact) mass is 304 g/mol. The van der Waals surface area contributed by atoms with Crippen molar-refractivity contribution in [2.75, 3.05) is 26.9 Å². The molecule has 2 aliphatic heterocycles. The topological polar surface area (TPSA) is 63.1 Å². The van der Waals surface area contributed by atoms with Gasteiger partial charge in [-0.1, -0.05) is 12.1 Å². The second kappa shape index (κ2) is 5.61. The number of likely N-dealkylation sites (tertiary alicyclic amines) is 1. The van der Waals surface area contributed by atoms with Gasteiger partial charge in [-0.3, -0.25) is 4.79 Å². The van der Waals surface area contributed by atoms with Crippen molar-refractivity contribution < 1.29 is 19.2 Å². The molecule has 2 saturated heterocycles. The van der Waals surface area contributed by atoms with Crippen LogP contribution in [0.1, 0.15) is 25.3 Å². The predicted octanol–water partition coefficient (Wildman–Crippen LogP) is 0.0984. The van der Waals surface area contributed by atoms with E-state index in [1.165, 1.54) is 9.80 Å². The molecule has 2 heterocycles. The van der Waals surface area contributed by atoms with E-state index in [0.717, 1.165) is 31.5 Å². The van der Waals surface area contributed by atoms with Crippen LogP contribution in [-0.2, 0) is 10.3 Å². The number of nitrogens with one attached hydrogen (secondary N) is 2. The Bertz CT molecular complexity index is 598. The number of ether oxygens (including phenoxy) is 1. The van der Waals surface area contributed by atoms with E-state index in [2.05, 4.69) is 5.32 Å². The average Bonchev–Trinajstić information content (AvgIpc) is 3.11. The number of hydrogen-bond donors (Lipinski definition) is 2. The van der Waals surface area contributed by atoms with E-state index in [-0.39, 0.29) is 11.9 Å². The summed E-state index contributed by atoms with van der Waals surface area (Å²) in [5.41, 5.74) is -0.283. The first kappa shape index (κ1) is 14.8. The summed E-state index contributed by atoms with van der Waals surface area (Å²) in [6.07, 6.45) is 2.32. The zero-order valence-corrected chi connectivity index (χ0v) is 13.0. The number of urea groups is 1. The molecule has 118 valence electrons. The highest BCUT2D eigenvalue weighted by Gasteiger charge is 2.50. The van der Waals surface area contributed by atoms with Gasteiger partial charge < -0.3 is 15.0 Å². The lowest BCUT2D eigenvalue weighted by Gasteiger charge is -2.23. The van der Waals surface area contributed by atoms with Gasteiger partial charge in [0.1, 0.15) is 11.3 Å². The molecule has 0 aliphatic carbocycles. The Kier molecular flexibility index (Phi) is 3.78. The number of hydrogen-bond acceptors (Lipinski definition) is 3. The first-order valence-corrected chi connectivity index (χ1v) is 7.67. The van der Waals surface area contributed by atoms with Crippen LogP contribution in [0, 0.1) is 0 Å². The minimum absolute atomic E-state index is 0.190.